The van der Waals surface area contributed by atoms with Gasteiger partial charge in [0.15, 0.2) is 0 Å². The summed E-state index contributed by atoms with van der Waals surface area (Å²) in [6.07, 6.45) is -3.89. The van der Waals surface area contributed by atoms with Crippen molar-refractivity contribution in [3.05, 3.63) is 0 Å². The summed E-state index contributed by atoms with van der Waals surface area (Å²) in [6.45, 7) is -0.742. The van der Waals surface area contributed by atoms with Crippen molar-refractivity contribution < 1.29 is 21.6 Å². The van der Waals surface area contributed by atoms with Gasteiger partial charge in [-0.25, -0.2) is 8.42 Å². The summed E-state index contributed by atoms with van der Waals surface area (Å²) >= 11 is 0. The smallest absolute Gasteiger partial charge is 0.295 e. The minimum absolute atomic E-state index is 0.121. The van der Waals surface area contributed by atoms with E-state index in [4.69, 9.17) is 10.7 Å². The number of alkyl halides is 3. The maximum absolute atomic E-state index is 12.0. The van der Waals surface area contributed by atoms with Crippen molar-refractivity contribution in [1.82, 2.24) is 4.90 Å². The highest BCUT2D eigenvalue weighted by atomic mass is 35.7. The highest BCUT2D eigenvalue weighted by Gasteiger charge is 2.34. The molecule has 1 saturated heterocycles. The zero-order valence-electron chi connectivity index (χ0n) is 7.80. The van der Waals surface area contributed by atoms with Crippen molar-refractivity contribution in [1.29, 1.82) is 0 Å². The van der Waals surface area contributed by atoms with Crippen LogP contribution in [0.1, 0.15) is 12.8 Å². The third-order valence-corrected chi connectivity index (χ3v) is 4.36. The van der Waals surface area contributed by atoms with Gasteiger partial charge in [0.05, 0.1) is 11.8 Å². The van der Waals surface area contributed by atoms with Gasteiger partial charge in [-0.2, -0.15) is 13.2 Å². The first-order valence-corrected chi connectivity index (χ1v) is 6.78. The van der Waals surface area contributed by atoms with E-state index in [-0.39, 0.29) is 25.9 Å². The van der Waals surface area contributed by atoms with Crippen LogP contribution in [0.2, 0.25) is 0 Å². The van der Waals surface area contributed by atoms with Crippen LogP contribution >= 0.6 is 10.7 Å². The third kappa shape index (κ3) is 4.56. The fourth-order valence-corrected chi connectivity index (χ4v) is 2.91. The zero-order valence-corrected chi connectivity index (χ0v) is 9.37. The second-order valence-electron chi connectivity index (χ2n) is 3.57. The van der Waals surface area contributed by atoms with Gasteiger partial charge in [0, 0.05) is 10.7 Å². The van der Waals surface area contributed by atoms with E-state index in [2.05, 4.69) is 0 Å². The first kappa shape index (κ1) is 13.1. The lowest BCUT2D eigenvalue weighted by Gasteiger charge is -2.30. The second-order valence-corrected chi connectivity index (χ2v) is 6.47. The molecule has 0 saturated carbocycles. The third-order valence-electron chi connectivity index (χ3n) is 2.34. The van der Waals surface area contributed by atoms with Gasteiger partial charge in [-0.3, -0.25) is 4.90 Å². The minimum atomic E-state index is -4.23. The van der Waals surface area contributed by atoms with Crippen molar-refractivity contribution in [2.45, 2.75) is 24.3 Å². The molecule has 1 rings (SSSR count). The summed E-state index contributed by atoms with van der Waals surface area (Å²) in [5.41, 5.74) is 0. The molecule has 0 aliphatic carbocycles. The van der Waals surface area contributed by atoms with Gasteiger partial charge in [-0.05, 0) is 25.9 Å². The number of halogens is 4. The van der Waals surface area contributed by atoms with E-state index in [1.54, 1.807) is 0 Å². The predicted molar refractivity (Wildman–Crippen MR) is 50.3 cm³/mol. The quantitative estimate of drug-likeness (QED) is 0.712. The van der Waals surface area contributed by atoms with Crippen molar-refractivity contribution >= 4 is 19.7 Å². The van der Waals surface area contributed by atoms with Crippen molar-refractivity contribution in [2.24, 2.45) is 0 Å². The van der Waals surface area contributed by atoms with E-state index in [9.17, 15) is 21.6 Å². The number of piperidine rings is 1. The lowest BCUT2D eigenvalue weighted by Crippen LogP contribution is -2.42. The van der Waals surface area contributed by atoms with Crippen molar-refractivity contribution in [2.75, 3.05) is 19.6 Å². The molecule has 1 heterocycles. The fraction of sp³-hybridized carbons (Fsp3) is 1.00. The van der Waals surface area contributed by atoms with Gasteiger partial charge in [0.25, 0.3) is 0 Å². The van der Waals surface area contributed by atoms with Crippen LogP contribution in [0.5, 0.6) is 0 Å². The molecule has 0 amide bonds. The van der Waals surface area contributed by atoms with Crippen LogP contribution in [0.4, 0.5) is 13.2 Å². The molecule has 0 unspecified atom stereocenters. The maximum Gasteiger partial charge on any atom is 0.401 e. The van der Waals surface area contributed by atoms with Crippen molar-refractivity contribution in [3.8, 4) is 0 Å². The summed E-state index contributed by atoms with van der Waals surface area (Å²) in [5, 5.41) is -0.705. The number of rotatable bonds is 2. The molecule has 0 spiro atoms. The first-order valence-electron chi connectivity index (χ1n) is 4.41. The van der Waals surface area contributed by atoms with Crippen LogP contribution in [0.15, 0.2) is 0 Å². The summed E-state index contributed by atoms with van der Waals surface area (Å²) in [4.78, 5) is 1.19. The molecule has 0 radical (unpaired) electrons. The lowest BCUT2D eigenvalue weighted by atomic mass is 10.1. The lowest BCUT2D eigenvalue weighted by molar-refractivity contribution is -0.147. The predicted octanol–water partition coefficient (Wildman–Crippen LogP) is 1.58. The van der Waals surface area contributed by atoms with E-state index >= 15 is 0 Å². The van der Waals surface area contributed by atoms with E-state index in [1.807, 2.05) is 0 Å². The maximum atomic E-state index is 12.0. The number of hydrogen-bond donors (Lipinski definition) is 0. The van der Waals surface area contributed by atoms with Gasteiger partial charge in [-0.15, -0.1) is 0 Å². The molecule has 1 aliphatic rings. The summed E-state index contributed by atoms with van der Waals surface area (Å²) in [5.74, 6) is 0. The molecule has 8 heteroatoms. The van der Waals surface area contributed by atoms with Gasteiger partial charge in [0.1, 0.15) is 0 Å². The Balaban J connectivity index is 2.43. The molecule has 0 bridgehead atoms. The van der Waals surface area contributed by atoms with Crippen LogP contribution in [-0.4, -0.2) is 44.4 Å². The first-order chi connectivity index (χ1) is 6.68. The summed E-state index contributed by atoms with van der Waals surface area (Å²) in [7, 11) is 1.50. The highest BCUT2D eigenvalue weighted by Crippen LogP contribution is 2.24. The van der Waals surface area contributed by atoms with Gasteiger partial charge >= 0.3 is 6.18 Å². The molecule has 15 heavy (non-hydrogen) atoms. The largest absolute Gasteiger partial charge is 0.401 e. The summed E-state index contributed by atoms with van der Waals surface area (Å²) in [6, 6.07) is 0. The Kier molecular flexibility index (Phi) is 3.89. The monoisotopic (exact) mass is 265 g/mol. The number of hydrogen-bond acceptors (Lipinski definition) is 3. The molecule has 1 aliphatic heterocycles. The van der Waals surface area contributed by atoms with Crippen LogP contribution in [0, 0.1) is 0 Å². The van der Waals surface area contributed by atoms with E-state index < -0.39 is 27.0 Å². The van der Waals surface area contributed by atoms with Crippen LogP contribution in [0.25, 0.3) is 0 Å². The van der Waals surface area contributed by atoms with E-state index in [0.717, 1.165) is 0 Å². The Hall–Kier alpha value is -0.0100. The number of likely N-dealkylation sites (tertiary alicyclic amines) is 1. The second kappa shape index (κ2) is 4.47. The Labute approximate surface area is 90.6 Å². The average Bonchev–Trinajstić information content (AvgIpc) is 2.00. The van der Waals surface area contributed by atoms with Crippen LogP contribution in [-0.2, 0) is 9.05 Å². The molecule has 3 nitrogen and oxygen atoms in total. The normalized spacial score (nSPS) is 21.9. The van der Waals surface area contributed by atoms with E-state index in [0.29, 0.717) is 0 Å². The average molecular weight is 266 g/mol. The molecular weight excluding hydrogens is 255 g/mol. The molecule has 0 aromatic carbocycles. The molecule has 0 aromatic heterocycles. The Morgan fingerprint density at radius 2 is 1.73 bits per heavy atom. The molecule has 0 atom stereocenters. The van der Waals surface area contributed by atoms with Crippen molar-refractivity contribution in [3.63, 3.8) is 0 Å². The molecule has 0 N–H and O–H groups in total. The zero-order chi connectivity index (χ0) is 11.7. The van der Waals surface area contributed by atoms with E-state index in [1.165, 1.54) is 4.90 Å². The molecule has 0 aromatic rings. The van der Waals surface area contributed by atoms with Gasteiger partial charge < -0.3 is 0 Å². The fourth-order valence-electron chi connectivity index (χ4n) is 1.60. The van der Waals surface area contributed by atoms with Crippen LogP contribution < -0.4 is 0 Å². The SMILES string of the molecule is O=S(=O)(Cl)C1CCN(CC(F)(F)F)CC1. The highest BCUT2D eigenvalue weighted by molar-refractivity contribution is 8.14. The molecule has 90 valence electrons. The number of nitrogens with zero attached hydrogens (tertiary/aromatic N) is 1. The topological polar surface area (TPSA) is 37.4 Å². The van der Waals surface area contributed by atoms with Crippen LogP contribution in [0.3, 0.4) is 0 Å². The summed E-state index contributed by atoms with van der Waals surface area (Å²) < 4.78 is 57.8. The Bertz CT molecular complexity index is 309. The van der Waals surface area contributed by atoms with Gasteiger partial charge in [-0.1, -0.05) is 0 Å². The minimum Gasteiger partial charge on any atom is -0.295 e. The Morgan fingerprint density at radius 1 is 1.27 bits per heavy atom. The van der Waals surface area contributed by atoms with Gasteiger partial charge in [0.2, 0.25) is 9.05 Å². The Morgan fingerprint density at radius 3 is 2.07 bits per heavy atom. The standard InChI is InChI=1S/C7H11ClF3NO2S/c8-15(13,14)6-1-3-12(4-2-6)5-7(9,10)11/h6H,1-5H2. The molecular formula is C7H11ClF3NO2S. The molecule has 1 fully saturated rings.